The van der Waals surface area contributed by atoms with E-state index in [2.05, 4.69) is 0 Å². The van der Waals surface area contributed by atoms with Crippen molar-refractivity contribution in [3.8, 4) is 0 Å². The number of hydrogen-bond acceptors (Lipinski definition) is 3. The van der Waals surface area contributed by atoms with E-state index < -0.39 is 32.4 Å². The summed E-state index contributed by atoms with van der Waals surface area (Å²) in [6.07, 6.45) is 0. The second kappa shape index (κ2) is 4.74. The molecule has 0 bridgehead atoms. The van der Waals surface area contributed by atoms with E-state index in [9.17, 15) is 17.6 Å². The van der Waals surface area contributed by atoms with Crippen molar-refractivity contribution in [1.29, 1.82) is 0 Å². The number of rotatable bonds is 4. The van der Waals surface area contributed by atoms with E-state index in [4.69, 9.17) is 0 Å². The van der Waals surface area contributed by atoms with Gasteiger partial charge in [-0.05, 0) is 26.0 Å². The normalized spacial score (nSPS) is 11.8. The van der Waals surface area contributed by atoms with Crippen molar-refractivity contribution < 1.29 is 17.6 Å². The lowest BCUT2D eigenvalue weighted by molar-refractivity contribution is 0.101. The van der Waals surface area contributed by atoms with Crippen LogP contribution in [0.25, 0.3) is 0 Å². The van der Waals surface area contributed by atoms with Crippen LogP contribution in [0.15, 0.2) is 24.3 Å². The van der Waals surface area contributed by atoms with Gasteiger partial charge >= 0.3 is 0 Å². The highest BCUT2D eigenvalue weighted by Gasteiger charge is 2.22. The summed E-state index contributed by atoms with van der Waals surface area (Å²) in [7, 11) is -3.48. The Bertz CT molecular complexity index is 492. The van der Waals surface area contributed by atoms with E-state index in [1.54, 1.807) is 0 Å². The molecule has 0 aliphatic rings. The van der Waals surface area contributed by atoms with Gasteiger partial charge in [-0.15, -0.1) is 0 Å². The summed E-state index contributed by atoms with van der Waals surface area (Å²) in [6.45, 7) is 2.98. The highest BCUT2D eigenvalue weighted by Crippen LogP contribution is 2.10. The first-order chi connectivity index (χ1) is 7.34. The molecule has 0 saturated carbocycles. The van der Waals surface area contributed by atoms with Gasteiger partial charge in [-0.3, -0.25) is 4.79 Å². The fraction of sp³-hybridized carbons (Fsp3) is 0.364. The van der Waals surface area contributed by atoms with Crippen LogP contribution in [0.3, 0.4) is 0 Å². The minimum Gasteiger partial charge on any atom is -0.293 e. The molecule has 0 radical (unpaired) electrons. The summed E-state index contributed by atoms with van der Waals surface area (Å²) >= 11 is 0. The Morgan fingerprint density at radius 2 is 1.88 bits per heavy atom. The average Bonchev–Trinajstić information content (AvgIpc) is 2.17. The molecule has 0 heterocycles. The van der Waals surface area contributed by atoms with Crippen LogP contribution < -0.4 is 0 Å². The molecule has 1 rings (SSSR count). The van der Waals surface area contributed by atoms with Crippen molar-refractivity contribution in [2.24, 2.45) is 0 Å². The first-order valence-corrected chi connectivity index (χ1v) is 6.55. The Morgan fingerprint density at radius 3 is 2.38 bits per heavy atom. The molecular weight excluding hydrogens is 231 g/mol. The summed E-state index contributed by atoms with van der Waals surface area (Å²) in [6, 6.07) is 5.37. The molecule has 0 aliphatic carbocycles. The van der Waals surface area contributed by atoms with Crippen molar-refractivity contribution in [3.63, 3.8) is 0 Å². The smallest absolute Gasteiger partial charge is 0.180 e. The van der Waals surface area contributed by atoms with Crippen LogP contribution in [0.5, 0.6) is 0 Å². The molecule has 0 spiro atoms. The highest BCUT2D eigenvalue weighted by molar-refractivity contribution is 7.92. The van der Waals surface area contributed by atoms with Crippen LogP contribution in [-0.2, 0) is 9.84 Å². The Balaban J connectivity index is 2.94. The standard InChI is InChI=1S/C11H13FO3S/c1-8(2)16(14,15)7-11(13)9-5-3-4-6-10(9)12/h3-6,8H,7H2,1-2H3. The van der Waals surface area contributed by atoms with Gasteiger partial charge in [0.2, 0.25) is 0 Å². The average molecular weight is 244 g/mol. The van der Waals surface area contributed by atoms with E-state index in [0.29, 0.717) is 0 Å². The number of halogens is 1. The first kappa shape index (κ1) is 12.8. The minimum absolute atomic E-state index is 0.174. The molecule has 5 heteroatoms. The number of ketones is 1. The van der Waals surface area contributed by atoms with Crippen LogP contribution in [0.2, 0.25) is 0 Å². The topological polar surface area (TPSA) is 51.2 Å². The highest BCUT2D eigenvalue weighted by atomic mass is 32.2. The van der Waals surface area contributed by atoms with Crippen LogP contribution in [0.1, 0.15) is 24.2 Å². The maximum atomic E-state index is 13.2. The molecule has 0 atom stereocenters. The van der Waals surface area contributed by atoms with Crippen LogP contribution in [-0.4, -0.2) is 25.2 Å². The lowest BCUT2D eigenvalue weighted by atomic mass is 10.1. The predicted octanol–water partition coefficient (Wildman–Crippen LogP) is 1.83. The number of benzene rings is 1. The lowest BCUT2D eigenvalue weighted by Gasteiger charge is -2.07. The Labute approximate surface area is 94.2 Å². The third kappa shape index (κ3) is 2.88. The molecular formula is C11H13FO3S. The quantitative estimate of drug-likeness (QED) is 0.759. The van der Waals surface area contributed by atoms with Gasteiger partial charge in [-0.1, -0.05) is 12.1 Å². The number of carbonyl (C=O) groups is 1. The van der Waals surface area contributed by atoms with Gasteiger partial charge in [0, 0.05) is 0 Å². The van der Waals surface area contributed by atoms with Crippen molar-refractivity contribution in [2.45, 2.75) is 19.1 Å². The van der Waals surface area contributed by atoms with E-state index in [1.807, 2.05) is 0 Å². The van der Waals surface area contributed by atoms with Crippen LogP contribution in [0.4, 0.5) is 4.39 Å². The molecule has 1 aromatic carbocycles. The van der Waals surface area contributed by atoms with Gasteiger partial charge in [0.1, 0.15) is 11.6 Å². The Hall–Kier alpha value is -1.23. The third-order valence-electron chi connectivity index (χ3n) is 2.22. The van der Waals surface area contributed by atoms with Crippen molar-refractivity contribution >= 4 is 15.6 Å². The van der Waals surface area contributed by atoms with E-state index in [1.165, 1.54) is 32.0 Å². The molecule has 0 aliphatic heterocycles. The largest absolute Gasteiger partial charge is 0.293 e. The zero-order valence-electron chi connectivity index (χ0n) is 9.10. The Kier molecular flexibility index (Phi) is 3.80. The number of sulfone groups is 1. The van der Waals surface area contributed by atoms with E-state index in [-0.39, 0.29) is 5.56 Å². The van der Waals surface area contributed by atoms with Crippen LogP contribution in [0, 0.1) is 5.82 Å². The molecule has 3 nitrogen and oxygen atoms in total. The van der Waals surface area contributed by atoms with Gasteiger partial charge in [0.15, 0.2) is 15.6 Å². The SMILES string of the molecule is CC(C)S(=O)(=O)CC(=O)c1ccccc1F. The summed E-state index contributed by atoms with van der Waals surface area (Å²) in [5.41, 5.74) is -0.174. The summed E-state index contributed by atoms with van der Waals surface area (Å²) < 4.78 is 36.2. The summed E-state index contributed by atoms with van der Waals surface area (Å²) in [5.74, 6) is -2.04. The van der Waals surface area contributed by atoms with Gasteiger partial charge in [0.05, 0.1) is 10.8 Å². The maximum Gasteiger partial charge on any atom is 0.180 e. The van der Waals surface area contributed by atoms with Crippen molar-refractivity contribution in [3.05, 3.63) is 35.6 Å². The molecule has 0 fully saturated rings. The molecule has 0 N–H and O–H groups in total. The van der Waals surface area contributed by atoms with Crippen molar-refractivity contribution in [2.75, 3.05) is 5.75 Å². The lowest BCUT2D eigenvalue weighted by Crippen LogP contribution is -2.24. The fourth-order valence-corrected chi connectivity index (χ4v) is 1.97. The third-order valence-corrected chi connectivity index (χ3v) is 4.33. The van der Waals surface area contributed by atoms with Gasteiger partial charge in [-0.2, -0.15) is 0 Å². The van der Waals surface area contributed by atoms with Crippen LogP contribution >= 0.6 is 0 Å². The zero-order chi connectivity index (χ0) is 12.3. The van der Waals surface area contributed by atoms with Gasteiger partial charge < -0.3 is 0 Å². The minimum atomic E-state index is -3.48. The summed E-state index contributed by atoms with van der Waals surface area (Å²) in [4.78, 5) is 11.6. The van der Waals surface area contributed by atoms with E-state index >= 15 is 0 Å². The molecule has 0 unspecified atom stereocenters. The number of Topliss-reactive ketones (excluding diaryl/α,β-unsaturated/α-hetero) is 1. The van der Waals surface area contributed by atoms with Crippen molar-refractivity contribution in [1.82, 2.24) is 0 Å². The number of hydrogen-bond donors (Lipinski definition) is 0. The van der Waals surface area contributed by atoms with E-state index in [0.717, 1.165) is 6.07 Å². The first-order valence-electron chi connectivity index (χ1n) is 4.84. The fourth-order valence-electron chi connectivity index (χ4n) is 1.11. The zero-order valence-corrected chi connectivity index (χ0v) is 9.92. The Morgan fingerprint density at radius 1 is 1.31 bits per heavy atom. The number of carbonyl (C=O) groups excluding carboxylic acids is 1. The maximum absolute atomic E-state index is 13.2. The second-order valence-electron chi connectivity index (χ2n) is 3.76. The predicted molar refractivity (Wildman–Crippen MR) is 59.7 cm³/mol. The second-order valence-corrected chi connectivity index (χ2v) is 6.32. The van der Waals surface area contributed by atoms with Gasteiger partial charge in [0.25, 0.3) is 0 Å². The molecule has 0 amide bonds. The molecule has 16 heavy (non-hydrogen) atoms. The van der Waals surface area contributed by atoms with Gasteiger partial charge in [-0.25, -0.2) is 12.8 Å². The molecule has 0 aromatic heterocycles. The monoisotopic (exact) mass is 244 g/mol. The molecule has 1 aromatic rings. The summed E-state index contributed by atoms with van der Waals surface area (Å²) in [5, 5.41) is -0.636. The molecule has 88 valence electrons. The molecule has 0 saturated heterocycles.